The van der Waals surface area contributed by atoms with Crippen LogP contribution in [0.25, 0.3) is 22.4 Å². The van der Waals surface area contributed by atoms with Gasteiger partial charge in [0.2, 0.25) is 4.96 Å². The number of hydrogen-bond acceptors (Lipinski definition) is 6. The van der Waals surface area contributed by atoms with Gasteiger partial charge in [0.25, 0.3) is 5.56 Å². The van der Waals surface area contributed by atoms with Crippen LogP contribution in [0.15, 0.2) is 41.2 Å². The van der Waals surface area contributed by atoms with Crippen LogP contribution in [0.1, 0.15) is 91.5 Å². The van der Waals surface area contributed by atoms with Gasteiger partial charge in [0.1, 0.15) is 5.75 Å². The van der Waals surface area contributed by atoms with Gasteiger partial charge >= 0.3 is 5.97 Å². The molecule has 0 saturated heterocycles. The molecule has 2 heterocycles. The van der Waals surface area contributed by atoms with E-state index in [2.05, 4.69) is 84.5 Å². The lowest BCUT2D eigenvalue weighted by Crippen LogP contribution is -2.24. The Balaban J connectivity index is 1.83. The second-order valence-electron chi connectivity index (χ2n) is 12.9. The number of carbonyl (C=O) groups is 1. The van der Waals surface area contributed by atoms with Crippen LogP contribution >= 0.6 is 11.3 Å². The molecule has 0 aliphatic carbocycles. The molecule has 0 radical (unpaired) electrons. The Kier molecular flexibility index (Phi) is 6.89. The molecule has 0 N–H and O–H groups in total. The van der Waals surface area contributed by atoms with E-state index >= 15 is 0 Å². The van der Waals surface area contributed by atoms with Crippen molar-refractivity contribution >= 4 is 28.3 Å². The standard InChI is InChI=1S/C31H37N3O3S/c1-18(35)37-25-22(30(5,6)7)15-19(16-23(25)31(8,9)10)17-24-27(36)34-28(38-24)32-26(33-34)20-11-13-21(14-12-20)29(2,3)4/h11-17H,1-10H3. The molecule has 0 fully saturated rings. The lowest BCUT2D eigenvalue weighted by molar-refractivity contribution is -0.132. The van der Waals surface area contributed by atoms with Crippen LogP contribution in [-0.2, 0) is 21.0 Å². The summed E-state index contributed by atoms with van der Waals surface area (Å²) < 4.78 is 7.67. The second kappa shape index (κ2) is 9.45. The molecule has 2 aromatic carbocycles. The molecule has 7 heteroatoms. The Morgan fingerprint density at radius 2 is 1.45 bits per heavy atom. The fourth-order valence-electron chi connectivity index (χ4n) is 4.33. The van der Waals surface area contributed by atoms with Crippen molar-refractivity contribution in [1.82, 2.24) is 14.6 Å². The minimum absolute atomic E-state index is 0.0591. The fraction of sp³-hybridized carbons (Fsp3) is 0.419. The number of fused-ring (bicyclic) bond motifs is 1. The highest BCUT2D eigenvalue weighted by atomic mass is 32.1. The van der Waals surface area contributed by atoms with Gasteiger partial charge in [-0.25, -0.2) is 0 Å². The number of carbonyl (C=O) groups excluding carboxylic acids is 1. The largest absolute Gasteiger partial charge is 0.426 e. The lowest BCUT2D eigenvalue weighted by atomic mass is 9.78. The van der Waals surface area contributed by atoms with E-state index < -0.39 is 0 Å². The molecule has 38 heavy (non-hydrogen) atoms. The van der Waals surface area contributed by atoms with Crippen LogP contribution in [0.4, 0.5) is 0 Å². The first-order valence-corrected chi connectivity index (χ1v) is 13.7. The highest BCUT2D eigenvalue weighted by Gasteiger charge is 2.28. The summed E-state index contributed by atoms with van der Waals surface area (Å²) in [6.07, 6.45) is 1.88. The zero-order valence-corrected chi connectivity index (χ0v) is 24.8. The zero-order valence-electron chi connectivity index (χ0n) is 24.0. The van der Waals surface area contributed by atoms with Gasteiger partial charge in [-0.2, -0.15) is 9.50 Å². The van der Waals surface area contributed by atoms with Gasteiger partial charge in [-0.3, -0.25) is 9.59 Å². The molecular weight excluding hydrogens is 494 g/mol. The quantitative estimate of drug-likeness (QED) is 0.233. The minimum Gasteiger partial charge on any atom is -0.426 e. The number of nitrogens with zero attached hydrogens (tertiary/aromatic N) is 3. The number of aromatic nitrogens is 3. The van der Waals surface area contributed by atoms with Crippen molar-refractivity contribution in [2.24, 2.45) is 0 Å². The van der Waals surface area contributed by atoms with Crippen LogP contribution < -0.4 is 14.8 Å². The number of hydrogen-bond donors (Lipinski definition) is 0. The average Bonchev–Trinajstić information content (AvgIpc) is 3.31. The van der Waals surface area contributed by atoms with Crippen molar-refractivity contribution in [3.8, 4) is 17.1 Å². The molecule has 0 aliphatic heterocycles. The molecule has 0 bridgehead atoms. The van der Waals surface area contributed by atoms with E-state index in [-0.39, 0.29) is 27.8 Å². The van der Waals surface area contributed by atoms with Gasteiger partial charge < -0.3 is 4.74 Å². The molecule has 4 rings (SSSR count). The number of esters is 1. The monoisotopic (exact) mass is 531 g/mol. The molecule has 200 valence electrons. The summed E-state index contributed by atoms with van der Waals surface area (Å²) in [5.74, 6) is 0.784. The van der Waals surface area contributed by atoms with Crippen molar-refractivity contribution < 1.29 is 9.53 Å². The molecular formula is C31H37N3O3S. The third-order valence-corrected chi connectivity index (χ3v) is 7.42. The SMILES string of the molecule is CC(=O)Oc1c(C(C)(C)C)cc(C=c2sc3nc(-c4ccc(C(C)(C)C)cc4)nn3c2=O)cc1C(C)(C)C. The normalized spacial score (nSPS) is 13.4. The predicted molar refractivity (Wildman–Crippen MR) is 155 cm³/mol. The number of rotatable bonds is 3. The van der Waals surface area contributed by atoms with Crippen LogP contribution in [0.5, 0.6) is 5.75 Å². The van der Waals surface area contributed by atoms with E-state index in [9.17, 15) is 9.59 Å². The predicted octanol–water partition coefficient (Wildman–Crippen LogP) is 6.18. The van der Waals surface area contributed by atoms with Crippen LogP contribution in [0.3, 0.4) is 0 Å². The maximum Gasteiger partial charge on any atom is 0.308 e. The van der Waals surface area contributed by atoms with E-state index in [1.807, 2.05) is 30.3 Å². The van der Waals surface area contributed by atoms with Crippen LogP contribution in [0, 0.1) is 0 Å². The third kappa shape index (κ3) is 5.58. The highest BCUT2D eigenvalue weighted by Crippen LogP contribution is 2.41. The summed E-state index contributed by atoms with van der Waals surface area (Å²) in [5.41, 5.74) is 4.11. The smallest absolute Gasteiger partial charge is 0.308 e. The summed E-state index contributed by atoms with van der Waals surface area (Å²) in [7, 11) is 0. The Hall–Kier alpha value is -3.32. The summed E-state index contributed by atoms with van der Waals surface area (Å²) >= 11 is 1.32. The molecule has 4 aromatic rings. The van der Waals surface area contributed by atoms with Gasteiger partial charge in [0.05, 0.1) is 4.53 Å². The van der Waals surface area contributed by atoms with E-state index in [4.69, 9.17) is 4.74 Å². The topological polar surface area (TPSA) is 73.6 Å². The minimum atomic E-state index is -0.353. The zero-order chi connectivity index (χ0) is 28.2. The lowest BCUT2D eigenvalue weighted by Gasteiger charge is -2.29. The van der Waals surface area contributed by atoms with E-state index in [0.717, 1.165) is 22.3 Å². The summed E-state index contributed by atoms with van der Waals surface area (Å²) in [6.45, 7) is 20.5. The van der Waals surface area contributed by atoms with Crippen LogP contribution in [0.2, 0.25) is 0 Å². The van der Waals surface area contributed by atoms with Crippen molar-refractivity contribution in [2.45, 2.75) is 85.5 Å². The maximum absolute atomic E-state index is 13.3. The Morgan fingerprint density at radius 3 is 1.89 bits per heavy atom. The Bertz CT molecular complexity index is 1590. The maximum atomic E-state index is 13.3. The fourth-order valence-corrected chi connectivity index (χ4v) is 5.24. The van der Waals surface area contributed by atoms with Crippen molar-refractivity contribution in [1.29, 1.82) is 0 Å². The van der Waals surface area contributed by atoms with Gasteiger partial charge in [-0.05, 0) is 45.6 Å². The van der Waals surface area contributed by atoms with Gasteiger partial charge in [0, 0.05) is 23.6 Å². The summed E-state index contributed by atoms with van der Waals surface area (Å²) in [6, 6.07) is 12.2. The average molecular weight is 532 g/mol. The molecule has 0 aliphatic rings. The molecule has 6 nitrogen and oxygen atoms in total. The highest BCUT2D eigenvalue weighted by molar-refractivity contribution is 7.15. The Labute approximate surface area is 228 Å². The summed E-state index contributed by atoms with van der Waals surface area (Å²) in [4.78, 5) is 30.5. The third-order valence-electron chi connectivity index (χ3n) is 6.46. The first-order valence-electron chi connectivity index (χ1n) is 12.8. The van der Waals surface area contributed by atoms with E-state index in [0.29, 0.717) is 21.1 Å². The second-order valence-corrected chi connectivity index (χ2v) is 13.9. The molecule has 0 amide bonds. The first-order chi connectivity index (χ1) is 17.4. The first kappa shape index (κ1) is 27.7. The molecule has 0 unspecified atom stereocenters. The van der Waals surface area contributed by atoms with Gasteiger partial charge in [0.15, 0.2) is 5.82 Å². The number of benzene rings is 2. The Morgan fingerprint density at radius 1 is 0.895 bits per heavy atom. The summed E-state index contributed by atoms with van der Waals surface area (Å²) in [5, 5.41) is 4.52. The van der Waals surface area contributed by atoms with Crippen molar-refractivity contribution in [3.63, 3.8) is 0 Å². The van der Waals surface area contributed by atoms with Gasteiger partial charge in [-0.1, -0.05) is 97.9 Å². The van der Waals surface area contributed by atoms with E-state index in [1.165, 1.54) is 28.3 Å². The van der Waals surface area contributed by atoms with E-state index in [1.54, 1.807) is 0 Å². The van der Waals surface area contributed by atoms with Crippen LogP contribution in [-0.4, -0.2) is 20.6 Å². The number of thiazole rings is 1. The molecule has 0 spiro atoms. The van der Waals surface area contributed by atoms with Crippen molar-refractivity contribution in [2.75, 3.05) is 0 Å². The number of ether oxygens (including phenoxy) is 1. The van der Waals surface area contributed by atoms with Gasteiger partial charge in [-0.15, -0.1) is 5.10 Å². The molecule has 2 aromatic heterocycles. The molecule has 0 saturated carbocycles. The molecule has 0 atom stereocenters. The van der Waals surface area contributed by atoms with Crippen molar-refractivity contribution in [3.05, 3.63) is 73.5 Å².